The van der Waals surface area contributed by atoms with Gasteiger partial charge < -0.3 is 4.74 Å². The highest BCUT2D eigenvalue weighted by Crippen LogP contribution is 2.14. The minimum atomic E-state index is -0.00537. The zero-order chi connectivity index (χ0) is 10.8. The largest absolute Gasteiger partial charge is 0.375 e. The Kier molecular flexibility index (Phi) is 3.93. The molecule has 1 aliphatic rings. The topological polar surface area (TPSA) is 15.7 Å². The fourth-order valence-electron chi connectivity index (χ4n) is 1.94. The van der Waals surface area contributed by atoms with E-state index in [0.29, 0.717) is 5.92 Å². The fraction of sp³-hybridized carbons (Fsp3) is 1.00. The second kappa shape index (κ2) is 4.60. The van der Waals surface area contributed by atoms with Crippen molar-refractivity contribution in [2.24, 2.45) is 5.92 Å². The summed E-state index contributed by atoms with van der Waals surface area (Å²) in [5, 5.41) is 0. The molecule has 3 nitrogen and oxygen atoms in total. The van der Waals surface area contributed by atoms with Crippen molar-refractivity contribution in [1.82, 2.24) is 9.80 Å². The van der Waals surface area contributed by atoms with Gasteiger partial charge in [-0.2, -0.15) is 0 Å². The predicted octanol–water partition coefficient (Wildman–Crippen LogP) is 1.25. The summed E-state index contributed by atoms with van der Waals surface area (Å²) >= 11 is 0. The first-order valence-corrected chi connectivity index (χ1v) is 5.38. The summed E-state index contributed by atoms with van der Waals surface area (Å²) in [4.78, 5) is 4.69. The lowest BCUT2D eigenvalue weighted by Crippen LogP contribution is -2.47. The zero-order valence-electron chi connectivity index (χ0n) is 10.2. The van der Waals surface area contributed by atoms with Crippen LogP contribution < -0.4 is 0 Å². The minimum Gasteiger partial charge on any atom is -0.375 e. The Hall–Kier alpha value is -0.120. The van der Waals surface area contributed by atoms with Crippen molar-refractivity contribution in [2.45, 2.75) is 26.4 Å². The Bertz CT molecular complexity index is 167. The molecular weight excluding hydrogens is 176 g/mol. The fourth-order valence-corrected chi connectivity index (χ4v) is 1.94. The van der Waals surface area contributed by atoms with Crippen molar-refractivity contribution in [2.75, 3.05) is 40.5 Å². The van der Waals surface area contributed by atoms with Gasteiger partial charge in [0, 0.05) is 19.0 Å². The maximum Gasteiger partial charge on any atom is 0.0598 e. The second-order valence-electron chi connectivity index (χ2n) is 5.51. The van der Waals surface area contributed by atoms with E-state index in [1.165, 1.54) is 0 Å². The van der Waals surface area contributed by atoms with E-state index in [1.54, 1.807) is 0 Å². The summed E-state index contributed by atoms with van der Waals surface area (Å²) in [7, 11) is 4.33. The Balaban J connectivity index is 2.30. The van der Waals surface area contributed by atoms with Gasteiger partial charge in [-0.25, -0.2) is 0 Å². The molecule has 0 aromatic heterocycles. The van der Waals surface area contributed by atoms with Crippen LogP contribution in [0.1, 0.15) is 20.8 Å². The maximum atomic E-state index is 5.81. The molecule has 0 aliphatic carbocycles. The summed E-state index contributed by atoms with van der Waals surface area (Å²) in [5.41, 5.74) is -0.00537. The molecule has 1 aliphatic heterocycles. The van der Waals surface area contributed by atoms with E-state index in [0.717, 1.165) is 26.4 Å². The molecular formula is C11H24N2O. The van der Waals surface area contributed by atoms with Gasteiger partial charge in [-0.15, -0.1) is 0 Å². The molecule has 0 amide bonds. The van der Waals surface area contributed by atoms with E-state index in [-0.39, 0.29) is 5.60 Å². The highest BCUT2D eigenvalue weighted by molar-refractivity contribution is 4.73. The van der Waals surface area contributed by atoms with Gasteiger partial charge in [-0.1, -0.05) is 0 Å². The first kappa shape index (κ1) is 12.0. The molecule has 0 aromatic rings. The Morgan fingerprint density at radius 2 is 1.64 bits per heavy atom. The van der Waals surface area contributed by atoms with E-state index >= 15 is 0 Å². The molecule has 0 atom stereocenters. The highest BCUT2D eigenvalue weighted by Gasteiger charge is 2.22. The number of nitrogens with zero attached hydrogens (tertiary/aromatic N) is 2. The number of ether oxygens (including phenoxy) is 1. The number of hydrogen-bond donors (Lipinski definition) is 0. The number of hydrogen-bond acceptors (Lipinski definition) is 3. The van der Waals surface area contributed by atoms with Crippen LogP contribution in [0, 0.1) is 5.92 Å². The van der Waals surface area contributed by atoms with Crippen molar-refractivity contribution >= 4 is 0 Å². The molecule has 0 spiro atoms. The van der Waals surface area contributed by atoms with Crippen molar-refractivity contribution in [1.29, 1.82) is 0 Å². The molecule has 0 N–H and O–H groups in total. The van der Waals surface area contributed by atoms with Gasteiger partial charge in [0.25, 0.3) is 0 Å². The molecule has 1 heterocycles. The summed E-state index contributed by atoms with van der Waals surface area (Å²) < 4.78 is 5.81. The molecule has 0 saturated carbocycles. The van der Waals surface area contributed by atoms with Crippen LogP contribution in [0.5, 0.6) is 0 Å². The third-order valence-electron chi connectivity index (χ3n) is 2.37. The van der Waals surface area contributed by atoms with Crippen molar-refractivity contribution in [3.63, 3.8) is 0 Å². The van der Waals surface area contributed by atoms with Crippen LogP contribution in [0.15, 0.2) is 0 Å². The molecule has 1 saturated heterocycles. The molecule has 1 fully saturated rings. The summed E-state index contributed by atoms with van der Waals surface area (Å²) in [5.74, 6) is 0.651. The third kappa shape index (κ3) is 4.40. The van der Waals surface area contributed by atoms with Crippen LogP contribution in [0.4, 0.5) is 0 Å². The molecule has 0 bridgehead atoms. The summed E-state index contributed by atoms with van der Waals surface area (Å²) in [6.07, 6.45) is 0. The molecule has 84 valence electrons. The van der Waals surface area contributed by atoms with Gasteiger partial charge in [0.2, 0.25) is 0 Å². The van der Waals surface area contributed by atoms with E-state index in [1.807, 2.05) is 0 Å². The van der Waals surface area contributed by atoms with Crippen molar-refractivity contribution in [3.8, 4) is 0 Å². The summed E-state index contributed by atoms with van der Waals surface area (Å²) in [6, 6.07) is 0. The van der Waals surface area contributed by atoms with Crippen LogP contribution in [0.2, 0.25) is 0 Å². The summed E-state index contributed by atoms with van der Waals surface area (Å²) in [6.45, 7) is 10.6. The van der Waals surface area contributed by atoms with Gasteiger partial charge >= 0.3 is 0 Å². The lowest BCUT2D eigenvalue weighted by molar-refractivity contribution is -0.0456. The Morgan fingerprint density at radius 1 is 1.14 bits per heavy atom. The van der Waals surface area contributed by atoms with Gasteiger partial charge in [0.15, 0.2) is 0 Å². The third-order valence-corrected chi connectivity index (χ3v) is 2.37. The van der Waals surface area contributed by atoms with Crippen LogP contribution >= 0.6 is 0 Å². The molecule has 0 aromatic carbocycles. The van der Waals surface area contributed by atoms with Gasteiger partial charge in [-0.05, 0) is 34.9 Å². The van der Waals surface area contributed by atoms with Crippen LogP contribution in [-0.2, 0) is 4.74 Å². The first-order chi connectivity index (χ1) is 6.37. The average molecular weight is 200 g/mol. The lowest BCUT2D eigenvalue weighted by atomic mass is 10.1. The highest BCUT2D eigenvalue weighted by atomic mass is 16.5. The molecule has 14 heavy (non-hydrogen) atoms. The minimum absolute atomic E-state index is 0.00537. The first-order valence-electron chi connectivity index (χ1n) is 5.38. The van der Waals surface area contributed by atoms with E-state index in [9.17, 15) is 0 Å². The van der Waals surface area contributed by atoms with E-state index < -0.39 is 0 Å². The van der Waals surface area contributed by atoms with E-state index in [2.05, 4.69) is 44.7 Å². The lowest BCUT2D eigenvalue weighted by Gasteiger charge is -2.37. The maximum absolute atomic E-state index is 5.81. The number of rotatable bonds is 2. The molecule has 0 radical (unpaired) electrons. The molecule has 0 unspecified atom stereocenters. The van der Waals surface area contributed by atoms with Crippen molar-refractivity contribution in [3.05, 3.63) is 0 Å². The van der Waals surface area contributed by atoms with Gasteiger partial charge in [-0.3, -0.25) is 9.80 Å². The zero-order valence-corrected chi connectivity index (χ0v) is 10.2. The average Bonchev–Trinajstić information content (AvgIpc) is 1.97. The van der Waals surface area contributed by atoms with Crippen LogP contribution in [0.25, 0.3) is 0 Å². The smallest absolute Gasteiger partial charge is 0.0598 e. The van der Waals surface area contributed by atoms with Crippen LogP contribution in [0.3, 0.4) is 0 Å². The van der Waals surface area contributed by atoms with Crippen molar-refractivity contribution < 1.29 is 4.74 Å². The van der Waals surface area contributed by atoms with Crippen LogP contribution in [-0.4, -0.2) is 55.9 Å². The van der Waals surface area contributed by atoms with Gasteiger partial charge in [0.1, 0.15) is 0 Å². The van der Waals surface area contributed by atoms with Gasteiger partial charge in [0.05, 0.1) is 18.9 Å². The quantitative estimate of drug-likeness (QED) is 0.667. The Labute approximate surface area is 88.0 Å². The SMILES string of the molecule is CN1CC(COC(C)(C)C)CN(C)C1. The van der Waals surface area contributed by atoms with E-state index in [4.69, 9.17) is 4.74 Å². The molecule has 3 heteroatoms. The second-order valence-corrected chi connectivity index (χ2v) is 5.51. The normalized spacial score (nSPS) is 22.9. The Morgan fingerprint density at radius 3 is 2.07 bits per heavy atom. The monoisotopic (exact) mass is 200 g/mol. The predicted molar refractivity (Wildman–Crippen MR) is 59.3 cm³/mol. The molecule has 1 rings (SSSR count). The standard InChI is InChI=1S/C11H24N2O/c1-11(2,3)14-8-10-6-12(4)9-13(5)7-10/h10H,6-9H2,1-5H3.